The summed E-state index contributed by atoms with van der Waals surface area (Å²) in [6.45, 7) is 4.22. The van der Waals surface area contributed by atoms with Gasteiger partial charge in [0.15, 0.2) is 0 Å². The SMILES string of the molecule is Cc1cc(C)c(S(=O)(=O)N(C)CCO)c(C)c1[N+](=O)[O-]. The van der Waals surface area contributed by atoms with Crippen LogP contribution in [0.25, 0.3) is 0 Å². The zero-order chi connectivity index (χ0) is 15.7. The molecule has 0 bridgehead atoms. The van der Waals surface area contributed by atoms with Crippen molar-refractivity contribution in [1.29, 1.82) is 0 Å². The number of likely N-dealkylation sites (N-methyl/N-ethyl adjacent to an activating group) is 1. The zero-order valence-electron chi connectivity index (χ0n) is 11.9. The number of rotatable bonds is 5. The van der Waals surface area contributed by atoms with Gasteiger partial charge in [-0.25, -0.2) is 8.42 Å². The molecule has 0 spiro atoms. The lowest BCUT2D eigenvalue weighted by molar-refractivity contribution is -0.386. The Labute approximate surface area is 118 Å². The fourth-order valence-corrected chi connectivity index (χ4v) is 3.84. The van der Waals surface area contributed by atoms with Gasteiger partial charge in [-0.2, -0.15) is 4.31 Å². The van der Waals surface area contributed by atoms with Crippen molar-refractivity contribution < 1.29 is 18.4 Å². The van der Waals surface area contributed by atoms with E-state index in [2.05, 4.69) is 0 Å². The molecule has 0 aliphatic heterocycles. The first kappa shape index (κ1) is 16.5. The van der Waals surface area contributed by atoms with Crippen molar-refractivity contribution in [3.8, 4) is 0 Å². The van der Waals surface area contributed by atoms with Crippen molar-refractivity contribution >= 4 is 15.7 Å². The topological polar surface area (TPSA) is 101 Å². The molecule has 20 heavy (non-hydrogen) atoms. The summed E-state index contributed by atoms with van der Waals surface area (Å²) in [5, 5.41) is 19.9. The van der Waals surface area contributed by atoms with Crippen LogP contribution in [0.5, 0.6) is 0 Å². The summed E-state index contributed by atoms with van der Waals surface area (Å²) < 4.78 is 25.9. The molecule has 7 nitrogen and oxygen atoms in total. The largest absolute Gasteiger partial charge is 0.395 e. The number of nitro benzene ring substituents is 1. The molecule has 1 rings (SSSR count). The number of nitro groups is 1. The monoisotopic (exact) mass is 302 g/mol. The summed E-state index contributed by atoms with van der Waals surface area (Å²) in [6, 6.07) is 1.49. The molecule has 0 aliphatic carbocycles. The van der Waals surface area contributed by atoms with Gasteiger partial charge < -0.3 is 5.11 Å². The van der Waals surface area contributed by atoms with E-state index in [0.717, 1.165) is 4.31 Å². The summed E-state index contributed by atoms with van der Waals surface area (Å²) in [6.07, 6.45) is 0. The fraction of sp³-hybridized carbons (Fsp3) is 0.500. The van der Waals surface area contributed by atoms with Crippen LogP contribution in [0.15, 0.2) is 11.0 Å². The van der Waals surface area contributed by atoms with E-state index in [-0.39, 0.29) is 29.3 Å². The molecule has 1 N–H and O–H groups in total. The first-order valence-corrected chi connectivity index (χ1v) is 7.41. The van der Waals surface area contributed by atoms with Gasteiger partial charge in [-0.15, -0.1) is 0 Å². The fourth-order valence-electron chi connectivity index (χ4n) is 2.25. The molecule has 0 saturated carbocycles. The third-order valence-electron chi connectivity index (χ3n) is 3.13. The quantitative estimate of drug-likeness (QED) is 0.649. The van der Waals surface area contributed by atoms with Crippen molar-refractivity contribution in [1.82, 2.24) is 4.31 Å². The van der Waals surface area contributed by atoms with Crippen molar-refractivity contribution in [2.75, 3.05) is 20.2 Å². The average molecular weight is 302 g/mol. The minimum Gasteiger partial charge on any atom is -0.395 e. The summed E-state index contributed by atoms with van der Waals surface area (Å²) >= 11 is 0. The molecule has 0 amide bonds. The lowest BCUT2D eigenvalue weighted by Gasteiger charge is -2.19. The number of aliphatic hydroxyl groups is 1. The maximum Gasteiger partial charge on any atom is 0.276 e. The van der Waals surface area contributed by atoms with Gasteiger partial charge >= 0.3 is 0 Å². The molecule has 1 aromatic carbocycles. The number of benzene rings is 1. The van der Waals surface area contributed by atoms with E-state index >= 15 is 0 Å². The highest BCUT2D eigenvalue weighted by atomic mass is 32.2. The van der Waals surface area contributed by atoms with Gasteiger partial charge in [0.2, 0.25) is 10.0 Å². The van der Waals surface area contributed by atoms with Crippen LogP contribution in [-0.4, -0.2) is 43.0 Å². The van der Waals surface area contributed by atoms with Crippen LogP contribution in [0.1, 0.15) is 16.7 Å². The number of aliphatic hydroxyl groups excluding tert-OH is 1. The van der Waals surface area contributed by atoms with Gasteiger partial charge in [0.1, 0.15) is 0 Å². The van der Waals surface area contributed by atoms with Crippen molar-refractivity contribution in [3.05, 3.63) is 32.9 Å². The highest BCUT2D eigenvalue weighted by Crippen LogP contribution is 2.32. The summed E-state index contributed by atoms with van der Waals surface area (Å²) in [5.41, 5.74) is 0.813. The Kier molecular flexibility index (Phi) is 4.85. The number of sulfonamides is 1. The number of hydrogen-bond donors (Lipinski definition) is 1. The Morgan fingerprint density at radius 2 is 1.85 bits per heavy atom. The van der Waals surface area contributed by atoms with Gasteiger partial charge in [0, 0.05) is 24.7 Å². The molecule has 0 fully saturated rings. The smallest absolute Gasteiger partial charge is 0.276 e. The minimum atomic E-state index is -3.87. The second kappa shape index (κ2) is 5.86. The van der Waals surface area contributed by atoms with Crippen LogP contribution in [0.4, 0.5) is 5.69 Å². The molecule has 0 atom stereocenters. The van der Waals surface area contributed by atoms with Gasteiger partial charge in [-0.1, -0.05) is 0 Å². The van der Waals surface area contributed by atoms with Crippen LogP contribution in [-0.2, 0) is 10.0 Å². The van der Waals surface area contributed by atoms with E-state index in [1.165, 1.54) is 20.0 Å². The highest BCUT2D eigenvalue weighted by molar-refractivity contribution is 7.89. The lowest BCUT2D eigenvalue weighted by Crippen LogP contribution is -2.31. The van der Waals surface area contributed by atoms with E-state index in [0.29, 0.717) is 11.1 Å². The number of hydrogen-bond acceptors (Lipinski definition) is 5. The average Bonchev–Trinajstić information content (AvgIpc) is 2.26. The molecule has 0 aromatic heterocycles. The van der Waals surface area contributed by atoms with Gasteiger partial charge in [-0.3, -0.25) is 10.1 Å². The van der Waals surface area contributed by atoms with E-state index in [1.54, 1.807) is 13.8 Å². The van der Waals surface area contributed by atoms with Crippen molar-refractivity contribution in [2.45, 2.75) is 25.7 Å². The standard InChI is InChI=1S/C12H18N2O5S/c1-8-7-9(2)12(10(3)11(8)14(16)17)20(18,19)13(4)5-6-15/h7,15H,5-6H2,1-4H3. The molecule has 1 aromatic rings. The summed E-state index contributed by atoms with van der Waals surface area (Å²) in [5.74, 6) is 0. The summed E-state index contributed by atoms with van der Waals surface area (Å²) in [4.78, 5) is 10.4. The predicted octanol–water partition coefficient (Wildman–Crippen LogP) is 1.13. The Morgan fingerprint density at radius 3 is 2.30 bits per heavy atom. The van der Waals surface area contributed by atoms with Crippen LogP contribution in [0.3, 0.4) is 0 Å². The second-order valence-corrected chi connectivity index (χ2v) is 6.60. The third kappa shape index (κ3) is 2.82. The molecular formula is C12H18N2O5S. The first-order valence-electron chi connectivity index (χ1n) is 5.97. The molecule has 8 heteroatoms. The van der Waals surface area contributed by atoms with Gasteiger partial charge in [-0.05, 0) is 32.4 Å². The number of aryl methyl sites for hydroxylation is 2. The van der Waals surface area contributed by atoms with Crippen LogP contribution in [0, 0.1) is 30.9 Å². The molecular weight excluding hydrogens is 284 g/mol. The zero-order valence-corrected chi connectivity index (χ0v) is 12.7. The second-order valence-electron chi connectivity index (χ2n) is 4.62. The molecule has 0 unspecified atom stereocenters. The first-order chi connectivity index (χ1) is 9.14. The number of nitrogens with zero attached hydrogens (tertiary/aromatic N) is 2. The Bertz CT molecular complexity index is 640. The third-order valence-corrected chi connectivity index (χ3v) is 5.27. The molecule has 0 aliphatic rings. The molecule has 0 heterocycles. The summed E-state index contributed by atoms with van der Waals surface area (Å²) in [7, 11) is -2.54. The predicted molar refractivity (Wildman–Crippen MR) is 74.2 cm³/mol. The maximum absolute atomic E-state index is 12.4. The van der Waals surface area contributed by atoms with Crippen LogP contribution in [0.2, 0.25) is 0 Å². The molecule has 0 radical (unpaired) electrons. The lowest BCUT2D eigenvalue weighted by atomic mass is 10.1. The van der Waals surface area contributed by atoms with Gasteiger partial charge in [0.05, 0.1) is 16.4 Å². The Hall–Kier alpha value is -1.51. The van der Waals surface area contributed by atoms with E-state index in [1.807, 2.05) is 0 Å². The molecule has 112 valence electrons. The Balaban J connectivity index is 3.62. The van der Waals surface area contributed by atoms with E-state index in [4.69, 9.17) is 5.11 Å². The minimum absolute atomic E-state index is 0.0641. The highest BCUT2D eigenvalue weighted by Gasteiger charge is 2.30. The van der Waals surface area contributed by atoms with E-state index < -0.39 is 14.9 Å². The maximum atomic E-state index is 12.4. The van der Waals surface area contributed by atoms with Crippen LogP contribution < -0.4 is 0 Å². The van der Waals surface area contributed by atoms with Crippen molar-refractivity contribution in [2.24, 2.45) is 0 Å². The molecule has 0 saturated heterocycles. The Morgan fingerprint density at radius 1 is 1.30 bits per heavy atom. The van der Waals surface area contributed by atoms with E-state index in [9.17, 15) is 18.5 Å². The van der Waals surface area contributed by atoms with Gasteiger partial charge in [0.25, 0.3) is 5.69 Å². The van der Waals surface area contributed by atoms with Crippen LogP contribution >= 0.6 is 0 Å². The normalized spacial score (nSPS) is 11.9. The van der Waals surface area contributed by atoms with Crippen molar-refractivity contribution in [3.63, 3.8) is 0 Å².